The highest BCUT2D eigenvalue weighted by molar-refractivity contribution is 5.87. The number of halogens is 5. The normalized spacial score (nSPS) is 11.5. The summed E-state index contributed by atoms with van der Waals surface area (Å²) in [6.07, 6.45) is -2.94. The lowest BCUT2D eigenvalue weighted by molar-refractivity contribution is -0.159. The number of carbonyl (C=O) groups excluding carboxylic acids is 1. The first-order chi connectivity index (χ1) is 15.2. The van der Waals surface area contributed by atoms with E-state index in [9.17, 15) is 26.7 Å². The van der Waals surface area contributed by atoms with Crippen molar-refractivity contribution >= 4 is 22.6 Å². The lowest BCUT2D eigenvalue weighted by atomic mass is 10.1. The summed E-state index contributed by atoms with van der Waals surface area (Å²) in [5.41, 5.74) is -0.693. The van der Waals surface area contributed by atoms with Gasteiger partial charge >= 0.3 is 18.2 Å². The highest BCUT2D eigenvalue weighted by atomic mass is 19.4. The lowest BCUT2D eigenvalue weighted by Crippen LogP contribution is -2.16. The van der Waals surface area contributed by atoms with Crippen molar-refractivity contribution in [2.24, 2.45) is 0 Å². The summed E-state index contributed by atoms with van der Waals surface area (Å²) < 4.78 is 75.4. The van der Waals surface area contributed by atoms with Crippen LogP contribution in [0.4, 0.5) is 32.4 Å². The number of amides is 1. The van der Waals surface area contributed by atoms with Crippen LogP contribution >= 0.6 is 0 Å². The number of nitrogens with one attached hydrogen (secondary N) is 1. The zero-order valence-corrected chi connectivity index (χ0v) is 15.8. The van der Waals surface area contributed by atoms with E-state index in [-0.39, 0.29) is 6.61 Å². The first-order valence-corrected chi connectivity index (χ1v) is 8.88. The summed E-state index contributed by atoms with van der Waals surface area (Å²) in [5, 5.41) is 6.59. The van der Waals surface area contributed by atoms with Crippen molar-refractivity contribution in [1.82, 2.24) is 15.1 Å². The van der Waals surface area contributed by atoms with Gasteiger partial charge in [0.05, 0.1) is 0 Å². The Hall–Kier alpha value is -4.09. The molecule has 4 rings (SSSR count). The van der Waals surface area contributed by atoms with Gasteiger partial charge in [0, 0.05) is 28.9 Å². The van der Waals surface area contributed by atoms with Crippen LogP contribution < -0.4 is 5.32 Å². The Bertz CT molecular complexity index is 1280. The molecule has 0 saturated carbocycles. The second-order valence-electron chi connectivity index (χ2n) is 6.46. The van der Waals surface area contributed by atoms with Crippen LogP contribution in [0.5, 0.6) is 0 Å². The number of fused-ring (bicyclic) bond motifs is 1. The smallest absolute Gasteiger partial charge is 0.444 e. The monoisotopic (exact) mass is 450 g/mol. The summed E-state index contributed by atoms with van der Waals surface area (Å²) in [6, 6.07) is 8.53. The molecule has 0 spiro atoms. The molecule has 0 aliphatic carbocycles. The second-order valence-corrected chi connectivity index (χ2v) is 6.46. The van der Waals surface area contributed by atoms with Crippen molar-refractivity contribution in [1.29, 1.82) is 0 Å². The topological polar surface area (TPSA) is 90.1 Å². The molecular weight excluding hydrogens is 439 g/mol. The molecule has 4 aromatic rings. The summed E-state index contributed by atoms with van der Waals surface area (Å²) in [5.74, 6) is -4.89. The minimum atomic E-state index is -4.91. The van der Waals surface area contributed by atoms with Crippen molar-refractivity contribution in [3.05, 3.63) is 71.9 Å². The lowest BCUT2D eigenvalue weighted by Gasteiger charge is -2.10. The maximum absolute atomic E-state index is 14.3. The zero-order valence-electron chi connectivity index (χ0n) is 15.8. The SMILES string of the molecule is O=C(Nc1c(F)cc(-c2noc(C(F)(F)F)n2)cc1F)OCc1cncc2ccccc12. The Balaban J connectivity index is 1.48. The third kappa shape index (κ3) is 4.33. The summed E-state index contributed by atoms with van der Waals surface area (Å²) >= 11 is 0. The quantitative estimate of drug-likeness (QED) is 0.423. The van der Waals surface area contributed by atoms with Crippen molar-refractivity contribution < 1.29 is 36.0 Å². The van der Waals surface area contributed by atoms with Crippen molar-refractivity contribution in [2.45, 2.75) is 12.8 Å². The molecule has 7 nitrogen and oxygen atoms in total. The van der Waals surface area contributed by atoms with Crippen LogP contribution in [0.25, 0.3) is 22.2 Å². The molecular formula is C20H11F5N4O3. The number of nitrogens with zero attached hydrogens (tertiary/aromatic N) is 3. The van der Waals surface area contributed by atoms with Crippen LogP contribution in [0, 0.1) is 11.6 Å². The molecule has 2 aromatic carbocycles. The van der Waals surface area contributed by atoms with Crippen molar-refractivity contribution in [3.63, 3.8) is 0 Å². The minimum Gasteiger partial charge on any atom is -0.444 e. The average molecular weight is 450 g/mol. The summed E-state index contributed by atoms with van der Waals surface area (Å²) in [4.78, 5) is 19.1. The molecule has 1 N–H and O–H groups in total. The van der Waals surface area contributed by atoms with Gasteiger partial charge in [0.2, 0.25) is 5.82 Å². The van der Waals surface area contributed by atoms with Gasteiger partial charge in [0.25, 0.3) is 0 Å². The molecule has 0 unspecified atom stereocenters. The predicted octanol–water partition coefficient (Wildman–Crippen LogP) is 5.33. The number of ether oxygens (including phenoxy) is 1. The number of anilines is 1. The number of benzene rings is 2. The number of alkyl halides is 3. The number of pyridine rings is 1. The van der Waals surface area contributed by atoms with Crippen LogP contribution in [-0.4, -0.2) is 21.2 Å². The van der Waals surface area contributed by atoms with Crippen LogP contribution in [0.3, 0.4) is 0 Å². The van der Waals surface area contributed by atoms with Crippen molar-refractivity contribution in [2.75, 3.05) is 5.32 Å². The number of aromatic nitrogens is 3. The maximum Gasteiger partial charge on any atom is 0.471 e. The van der Waals surface area contributed by atoms with E-state index >= 15 is 0 Å². The van der Waals surface area contributed by atoms with Crippen LogP contribution in [0.1, 0.15) is 11.5 Å². The van der Waals surface area contributed by atoms with Gasteiger partial charge in [-0.15, -0.1) is 0 Å². The minimum absolute atomic E-state index is 0.218. The Morgan fingerprint density at radius 1 is 1.09 bits per heavy atom. The fourth-order valence-corrected chi connectivity index (χ4v) is 2.85. The van der Waals surface area contributed by atoms with Crippen molar-refractivity contribution in [3.8, 4) is 11.4 Å². The molecule has 0 saturated heterocycles. The molecule has 0 bridgehead atoms. The Morgan fingerprint density at radius 3 is 2.50 bits per heavy atom. The van der Waals surface area contributed by atoms with Gasteiger partial charge in [-0.05, 0) is 17.5 Å². The van der Waals surface area contributed by atoms with E-state index in [1.807, 2.05) is 17.4 Å². The number of hydrogen-bond donors (Lipinski definition) is 1. The fourth-order valence-electron chi connectivity index (χ4n) is 2.85. The van der Waals surface area contributed by atoms with E-state index in [2.05, 4.69) is 19.6 Å². The van der Waals surface area contributed by atoms with Gasteiger partial charge < -0.3 is 9.26 Å². The van der Waals surface area contributed by atoms with E-state index in [1.165, 1.54) is 6.20 Å². The summed E-state index contributed by atoms with van der Waals surface area (Å²) in [6.45, 7) is -0.218. The zero-order chi connectivity index (χ0) is 22.9. The second kappa shape index (κ2) is 8.21. The van der Waals surface area contributed by atoms with E-state index in [4.69, 9.17) is 4.74 Å². The first-order valence-electron chi connectivity index (χ1n) is 8.88. The molecule has 0 fully saturated rings. The van der Waals surface area contributed by atoms with Crippen LogP contribution in [-0.2, 0) is 17.5 Å². The molecule has 12 heteroatoms. The number of carbonyl (C=O) groups is 1. The average Bonchev–Trinajstić information content (AvgIpc) is 3.26. The standard InChI is InChI=1S/C20H11F5N4O3/c21-14-5-11(17-28-18(32-29-17)20(23,24)25)6-15(22)16(14)27-19(30)31-9-12-8-26-7-10-3-1-2-4-13(10)12/h1-8H,9H2,(H,27,30). The van der Waals surface area contributed by atoms with Gasteiger partial charge in [-0.25, -0.2) is 13.6 Å². The van der Waals surface area contributed by atoms with E-state index in [0.29, 0.717) is 17.7 Å². The Morgan fingerprint density at radius 2 is 1.81 bits per heavy atom. The molecule has 2 heterocycles. The molecule has 1 amide bonds. The highest BCUT2D eigenvalue weighted by Gasteiger charge is 2.38. The van der Waals surface area contributed by atoms with Gasteiger partial charge in [0.15, 0.2) is 11.6 Å². The van der Waals surface area contributed by atoms with E-state index in [0.717, 1.165) is 10.8 Å². The number of rotatable bonds is 4. The molecule has 32 heavy (non-hydrogen) atoms. The fraction of sp³-hybridized carbons (Fsp3) is 0.100. The molecule has 0 aliphatic rings. The Labute approximate surface area is 175 Å². The van der Waals surface area contributed by atoms with E-state index < -0.39 is 46.9 Å². The third-order valence-corrected chi connectivity index (χ3v) is 4.31. The predicted molar refractivity (Wildman–Crippen MR) is 100 cm³/mol. The molecule has 0 aliphatic heterocycles. The van der Waals surface area contributed by atoms with Crippen LogP contribution in [0.2, 0.25) is 0 Å². The molecule has 0 radical (unpaired) electrons. The summed E-state index contributed by atoms with van der Waals surface area (Å²) in [7, 11) is 0. The molecule has 0 atom stereocenters. The van der Waals surface area contributed by atoms with Gasteiger partial charge in [-0.3, -0.25) is 10.3 Å². The Kier molecular flexibility index (Phi) is 5.43. The highest BCUT2D eigenvalue weighted by Crippen LogP contribution is 2.31. The third-order valence-electron chi connectivity index (χ3n) is 4.31. The van der Waals surface area contributed by atoms with Gasteiger partial charge in [-0.2, -0.15) is 18.2 Å². The molecule has 164 valence electrons. The van der Waals surface area contributed by atoms with Gasteiger partial charge in [-0.1, -0.05) is 29.4 Å². The maximum atomic E-state index is 14.3. The first kappa shape index (κ1) is 21.2. The number of hydrogen-bond acceptors (Lipinski definition) is 6. The van der Waals surface area contributed by atoms with Crippen LogP contribution in [0.15, 0.2) is 53.3 Å². The molecule has 2 aromatic heterocycles. The largest absolute Gasteiger partial charge is 0.471 e. The van der Waals surface area contributed by atoms with E-state index in [1.54, 1.807) is 18.3 Å². The van der Waals surface area contributed by atoms with Gasteiger partial charge in [0.1, 0.15) is 12.3 Å².